The predicted octanol–water partition coefficient (Wildman–Crippen LogP) is 3.86. The maximum absolute atomic E-state index is 5.88. The van der Waals surface area contributed by atoms with Gasteiger partial charge in [0, 0.05) is 30.0 Å². The fourth-order valence-corrected chi connectivity index (χ4v) is 2.16. The van der Waals surface area contributed by atoms with Gasteiger partial charge in [0.15, 0.2) is 0 Å². The summed E-state index contributed by atoms with van der Waals surface area (Å²) in [6, 6.07) is 10.6. The summed E-state index contributed by atoms with van der Waals surface area (Å²) in [6.45, 7) is 6.19. The molecule has 0 saturated heterocycles. The molecule has 18 heavy (non-hydrogen) atoms. The second kappa shape index (κ2) is 6.07. The Morgan fingerprint density at radius 2 is 1.94 bits per heavy atom. The minimum absolute atomic E-state index is 0.404. The van der Waals surface area contributed by atoms with E-state index in [4.69, 9.17) is 11.6 Å². The molecule has 0 aliphatic rings. The van der Waals surface area contributed by atoms with Crippen molar-refractivity contribution in [1.82, 2.24) is 9.88 Å². The lowest BCUT2D eigenvalue weighted by Gasteiger charge is -2.10. The molecule has 1 N–H and O–H groups in total. The van der Waals surface area contributed by atoms with E-state index in [1.807, 2.05) is 12.1 Å². The molecule has 0 spiro atoms. The lowest BCUT2D eigenvalue weighted by atomic mass is 10.2. The van der Waals surface area contributed by atoms with E-state index in [1.165, 1.54) is 11.1 Å². The summed E-state index contributed by atoms with van der Waals surface area (Å²) in [5, 5.41) is 4.20. The summed E-state index contributed by atoms with van der Waals surface area (Å²) < 4.78 is 2.20. The molecule has 1 aromatic heterocycles. The molecular formula is C15H19ClN2. The van der Waals surface area contributed by atoms with Crippen LogP contribution in [0.1, 0.15) is 31.0 Å². The number of hydrogen-bond donors (Lipinski definition) is 1. The van der Waals surface area contributed by atoms with Crippen molar-refractivity contribution >= 4 is 11.6 Å². The Labute approximate surface area is 114 Å². The molecule has 0 bridgehead atoms. The lowest BCUT2D eigenvalue weighted by Crippen LogP contribution is -2.17. The first-order chi connectivity index (χ1) is 8.69. The van der Waals surface area contributed by atoms with E-state index < -0.39 is 0 Å². The van der Waals surface area contributed by atoms with Crippen molar-refractivity contribution in [3.8, 4) is 0 Å². The molecule has 0 fully saturated rings. The summed E-state index contributed by atoms with van der Waals surface area (Å²) in [5.74, 6) is 0. The Bertz CT molecular complexity index is 487. The SMILES string of the molecule is CCNC(C)c1ccn(Cc2ccc(Cl)cc2)c1. The first-order valence-corrected chi connectivity index (χ1v) is 6.70. The van der Waals surface area contributed by atoms with Crippen molar-refractivity contribution in [1.29, 1.82) is 0 Å². The number of nitrogens with one attached hydrogen (secondary N) is 1. The molecule has 1 atom stereocenters. The summed E-state index contributed by atoms with van der Waals surface area (Å²) in [4.78, 5) is 0. The maximum Gasteiger partial charge on any atom is 0.0470 e. The molecule has 1 aromatic carbocycles. The molecule has 1 unspecified atom stereocenters. The van der Waals surface area contributed by atoms with Crippen molar-refractivity contribution in [2.75, 3.05) is 6.54 Å². The van der Waals surface area contributed by atoms with Gasteiger partial charge < -0.3 is 9.88 Å². The lowest BCUT2D eigenvalue weighted by molar-refractivity contribution is 0.596. The van der Waals surface area contributed by atoms with Crippen LogP contribution < -0.4 is 5.32 Å². The molecule has 2 aromatic rings. The van der Waals surface area contributed by atoms with Gasteiger partial charge >= 0.3 is 0 Å². The van der Waals surface area contributed by atoms with Gasteiger partial charge in [-0.25, -0.2) is 0 Å². The fourth-order valence-electron chi connectivity index (χ4n) is 2.04. The predicted molar refractivity (Wildman–Crippen MR) is 77.1 cm³/mol. The third-order valence-electron chi connectivity index (χ3n) is 3.06. The molecular weight excluding hydrogens is 244 g/mol. The monoisotopic (exact) mass is 262 g/mol. The Morgan fingerprint density at radius 1 is 1.22 bits per heavy atom. The molecule has 0 saturated carbocycles. The van der Waals surface area contributed by atoms with E-state index in [-0.39, 0.29) is 0 Å². The fraction of sp³-hybridized carbons (Fsp3) is 0.333. The van der Waals surface area contributed by atoms with Crippen molar-refractivity contribution in [2.45, 2.75) is 26.4 Å². The Hall–Kier alpha value is -1.25. The highest BCUT2D eigenvalue weighted by Crippen LogP contribution is 2.15. The van der Waals surface area contributed by atoms with Crippen LogP contribution in [0.3, 0.4) is 0 Å². The molecule has 2 nitrogen and oxygen atoms in total. The zero-order chi connectivity index (χ0) is 13.0. The number of halogens is 1. The van der Waals surface area contributed by atoms with Crippen LogP contribution >= 0.6 is 11.6 Å². The van der Waals surface area contributed by atoms with E-state index in [0.29, 0.717) is 6.04 Å². The third kappa shape index (κ3) is 3.37. The molecule has 2 rings (SSSR count). The van der Waals surface area contributed by atoms with Crippen LogP contribution in [0.2, 0.25) is 5.02 Å². The van der Waals surface area contributed by atoms with Gasteiger partial charge in [0.2, 0.25) is 0 Å². The van der Waals surface area contributed by atoms with E-state index in [9.17, 15) is 0 Å². The topological polar surface area (TPSA) is 17.0 Å². The normalized spacial score (nSPS) is 12.6. The number of nitrogens with zero attached hydrogens (tertiary/aromatic N) is 1. The van der Waals surface area contributed by atoms with Gasteiger partial charge in [0.05, 0.1) is 0 Å². The summed E-state index contributed by atoms with van der Waals surface area (Å²) in [6.07, 6.45) is 4.32. The maximum atomic E-state index is 5.88. The van der Waals surface area contributed by atoms with Gasteiger partial charge in [-0.3, -0.25) is 0 Å². The van der Waals surface area contributed by atoms with Crippen LogP contribution in [0.15, 0.2) is 42.7 Å². The Morgan fingerprint density at radius 3 is 2.61 bits per heavy atom. The van der Waals surface area contributed by atoms with Gasteiger partial charge in [-0.15, -0.1) is 0 Å². The number of benzene rings is 1. The van der Waals surface area contributed by atoms with Crippen LogP contribution in [0.4, 0.5) is 0 Å². The van der Waals surface area contributed by atoms with Crippen molar-refractivity contribution in [3.05, 3.63) is 58.9 Å². The highest BCUT2D eigenvalue weighted by Gasteiger charge is 2.05. The molecule has 0 aliphatic heterocycles. The largest absolute Gasteiger partial charge is 0.350 e. The third-order valence-corrected chi connectivity index (χ3v) is 3.31. The highest BCUT2D eigenvalue weighted by atomic mass is 35.5. The Kier molecular flexibility index (Phi) is 4.45. The van der Waals surface area contributed by atoms with Crippen molar-refractivity contribution in [2.24, 2.45) is 0 Å². The Balaban J connectivity index is 2.04. The molecule has 96 valence electrons. The second-order valence-corrected chi connectivity index (χ2v) is 4.96. The zero-order valence-electron chi connectivity index (χ0n) is 10.9. The number of hydrogen-bond acceptors (Lipinski definition) is 1. The van der Waals surface area contributed by atoms with Crippen LogP contribution in [-0.4, -0.2) is 11.1 Å². The van der Waals surface area contributed by atoms with E-state index in [1.54, 1.807) is 0 Å². The van der Waals surface area contributed by atoms with Gasteiger partial charge in [-0.05, 0) is 42.8 Å². The quantitative estimate of drug-likeness (QED) is 0.866. The minimum atomic E-state index is 0.404. The molecule has 0 radical (unpaired) electrons. The highest BCUT2D eigenvalue weighted by molar-refractivity contribution is 6.30. The van der Waals surface area contributed by atoms with Gasteiger partial charge in [-0.2, -0.15) is 0 Å². The van der Waals surface area contributed by atoms with Crippen LogP contribution in [0.25, 0.3) is 0 Å². The van der Waals surface area contributed by atoms with Gasteiger partial charge in [0.25, 0.3) is 0 Å². The van der Waals surface area contributed by atoms with Crippen molar-refractivity contribution in [3.63, 3.8) is 0 Å². The smallest absolute Gasteiger partial charge is 0.0470 e. The number of rotatable bonds is 5. The number of aromatic nitrogens is 1. The first kappa shape index (κ1) is 13.2. The average molecular weight is 263 g/mol. The van der Waals surface area contributed by atoms with Gasteiger partial charge in [-0.1, -0.05) is 30.7 Å². The zero-order valence-corrected chi connectivity index (χ0v) is 11.6. The van der Waals surface area contributed by atoms with Crippen LogP contribution in [0, 0.1) is 0 Å². The molecule has 0 aliphatic carbocycles. The standard InChI is InChI=1S/C15H19ClN2/c1-3-17-12(2)14-8-9-18(11-14)10-13-4-6-15(16)7-5-13/h4-9,11-12,17H,3,10H2,1-2H3. The molecule has 3 heteroatoms. The van der Waals surface area contributed by atoms with Gasteiger partial charge in [0.1, 0.15) is 0 Å². The van der Waals surface area contributed by atoms with Crippen LogP contribution in [-0.2, 0) is 6.54 Å². The minimum Gasteiger partial charge on any atom is -0.350 e. The van der Waals surface area contributed by atoms with Crippen molar-refractivity contribution < 1.29 is 0 Å². The second-order valence-electron chi connectivity index (χ2n) is 4.52. The van der Waals surface area contributed by atoms with E-state index in [2.05, 4.69) is 54.3 Å². The summed E-state index contributed by atoms with van der Waals surface area (Å²) >= 11 is 5.88. The van der Waals surface area contributed by atoms with E-state index >= 15 is 0 Å². The van der Waals surface area contributed by atoms with Crippen LogP contribution in [0.5, 0.6) is 0 Å². The molecule has 0 amide bonds. The average Bonchev–Trinajstić information content (AvgIpc) is 2.81. The first-order valence-electron chi connectivity index (χ1n) is 6.32. The van der Waals surface area contributed by atoms with E-state index in [0.717, 1.165) is 18.1 Å². The summed E-state index contributed by atoms with van der Waals surface area (Å²) in [5.41, 5.74) is 2.59. The summed E-state index contributed by atoms with van der Waals surface area (Å²) in [7, 11) is 0. The molecule has 1 heterocycles.